The van der Waals surface area contributed by atoms with Crippen LogP contribution in [0.15, 0.2) is 18.2 Å². The van der Waals surface area contributed by atoms with Crippen molar-refractivity contribution in [3.8, 4) is 5.75 Å². The van der Waals surface area contributed by atoms with Gasteiger partial charge < -0.3 is 10.1 Å². The molecule has 1 saturated heterocycles. The predicted octanol–water partition coefficient (Wildman–Crippen LogP) is 1.44. The van der Waals surface area contributed by atoms with Crippen molar-refractivity contribution in [2.75, 3.05) is 25.2 Å². The number of halogens is 1. The van der Waals surface area contributed by atoms with Crippen LogP contribution in [0.5, 0.6) is 5.75 Å². The van der Waals surface area contributed by atoms with Crippen LogP contribution in [0.3, 0.4) is 0 Å². The fraction of sp³-hybridized carbons (Fsp3) is 0.500. The third-order valence-electron chi connectivity index (χ3n) is 3.51. The highest BCUT2D eigenvalue weighted by molar-refractivity contribution is 7.91. The lowest BCUT2D eigenvalue weighted by Crippen LogP contribution is -2.31. The summed E-state index contributed by atoms with van der Waals surface area (Å²) in [5, 5.41) is 3.32. The average molecular weight is 332 g/mol. The van der Waals surface area contributed by atoms with Crippen molar-refractivity contribution < 1.29 is 17.9 Å². The van der Waals surface area contributed by atoms with E-state index in [1.807, 2.05) is 0 Å². The fourth-order valence-electron chi connectivity index (χ4n) is 2.41. The zero-order valence-corrected chi connectivity index (χ0v) is 13.3. The van der Waals surface area contributed by atoms with E-state index in [9.17, 15) is 13.2 Å². The fourth-order valence-corrected chi connectivity index (χ4v) is 4.47. The molecule has 0 radical (unpaired) electrons. The molecule has 1 amide bonds. The molecule has 0 aromatic heterocycles. The maximum Gasteiger partial charge on any atom is 0.224 e. The second kappa shape index (κ2) is 6.66. The Kier molecular flexibility index (Phi) is 5.11. The van der Waals surface area contributed by atoms with Crippen LogP contribution < -0.4 is 10.1 Å². The molecule has 1 aliphatic heterocycles. The summed E-state index contributed by atoms with van der Waals surface area (Å²) in [6, 6.07) is 5.11. The number of carbonyl (C=O) groups is 1. The van der Waals surface area contributed by atoms with E-state index in [0.29, 0.717) is 29.3 Å². The highest BCUT2D eigenvalue weighted by atomic mass is 35.5. The summed E-state index contributed by atoms with van der Waals surface area (Å²) in [7, 11) is -1.37. The van der Waals surface area contributed by atoms with Crippen LogP contribution >= 0.6 is 11.6 Å². The van der Waals surface area contributed by atoms with Crippen LogP contribution in [-0.2, 0) is 21.1 Å². The van der Waals surface area contributed by atoms with E-state index in [-0.39, 0.29) is 29.8 Å². The van der Waals surface area contributed by atoms with Crippen molar-refractivity contribution in [3.05, 3.63) is 28.8 Å². The van der Waals surface area contributed by atoms with Crippen LogP contribution in [0.4, 0.5) is 0 Å². The predicted molar refractivity (Wildman–Crippen MR) is 81.5 cm³/mol. The molecule has 7 heteroatoms. The van der Waals surface area contributed by atoms with Gasteiger partial charge in [0.25, 0.3) is 0 Å². The monoisotopic (exact) mass is 331 g/mol. The number of nitrogens with one attached hydrogen (secondary N) is 1. The number of amides is 1. The molecular formula is C14H18ClNO4S. The van der Waals surface area contributed by atoms with E-state index in [1.54, 1.807) is 18.2 Å². The van der Waals surface area contributed by atoms with Crippen molar-refractivity contribution >= 4 is 27.3 Å². The van der Waals surface area contributed by atoms with Crippen LogP contribution in [0.1, 0.15) is 12.0 Å². The minimum Gasteiger partial charge on any atom is -0.496 e. The first-order valence-corrected chi connectivity index (χ1v) is 8.89. The summed E-state index contributed by atoms with van der Waals surface area (Å²) in [4.78, 5) is 12.0. The molecular weight excluding hydrogens is 314 g/mol. The van der Waals surface area contributed by atoms with Crippen molar-refractivity contribution in [2.45, 2.75) is 12.8 Å². The van der Waals surface area contributed by atoms with E-state index < -0.39 is 9.84 Å². The molecule has 1 heterocycles. The Hall–Kier alpha value is -1.27. The Morgan fingerprint density at radius 1 is 1.48 bits per heavy atom. The molecule has 0 spiro atoms. The molecule has 0 saturated carbocycles. The van der Waals surface area contributed by atoms with Crippen LogP contribution in [-0.4, -0.2) is 39.5 Å². The first kappa shape index (κ1) is 16.1. The summed E-state index contributed by atoms with van der Waals surface area (Å²) < 4.78 is 27.9. The van der Waals surface area contributed by atoms with E-state index >= 15 is 0 Å². The van der Waals surface area contributed by atoms with Gasteiger partial charge in [-0.1, -0.05) is 11.6 Å². The van der Waals surface area contributed by atoms with E-state index in [1.165, 1.54) is 7.11 Å². The molecule has 21 heavy (non-hydrogen) atoms. The van der Waals surface area contributed by atoms with Crippen molar-refractivity contribution in [1.29, 1.82) is 0 Å². The Morgan fingerprint density at radius 3 is 2.86 bits per heavy atom. The van der Waals surface area contributed by atoms with Gasteiger partial charge in [-0.25, -0.2) is 8.42 Å². The molecule has 2 rings (SSSR count). The largest absolute Gasteiger partial charge is 0.496 e. The lowest BCUT2D eigenvalue weighted by atomic mass is 10.1. The first-order chi connectivity index (χ1) is 9.89. The zero-order valence-electron chi connectivity index (χ0n) is 11.8. The standard InChI is InChI=1S/C14H18ClNO4S/c1-20-13-3-2-12(15)6-11(13)7-14(17)16-8-10-4-5-21(18,19)9-10/h2-3,6,10H,4-5,7-9H2,1H3,(H,16,17)/t10-/m1/s1. The highest BCUT2D eigenvalue weighted by Crippen LogP contribution is 2.23. The average Bonchev–Trinajstić information content (AvgIpc) is 2.76. The van der Waals surface area contributed by atoms with E-state index in [4.69, 9.17) is 16.3 Å². The van der Waals surface area contributed by atoms with E-state index in [2.05, 4.69) is 5.32 Å². The minimum atomic E-state index is -2.91. The zero-order chi connectivity index (χ0) is 15.5. The molecule has 0 unspecified atom stereocenters. The van der Waals surface area contributed by atoms with Gasteiger partial charge in [-0.05, 0) is 30.5 Å². The van der Waals surface area contributed by atoms with Gasteiger partial charge in [0.05, 0.1) is 25.0 Å². The number of hydrogen-bond acceptors (Lipinski definition) is 4. The Balaban J connectivity index is 1.89. The van der Waals surface area contributed by atoms with Gasteiger partial charge in [0.1, 0.15) is 5.75 Å². The van der Waals surface area contributed by atoms with Gasteiger partial charge in [0.2, 0.25) is 5.91 Å². The molecule has 1 N–H and O–H groups in total. The summed E-state index contributed by atoms with van der Waals surface area (Å²) in [6.07, 6.45) is 0.770. The topological polar surface area (TPSA) is 72.5 Å². The van der Waals surface area contributed by atoms with Gasteiger partial charge in [-0.15, -0.1) is 0 Å². The summed E-state index contributed by atoms with van der Waals surface area (Å²) in [5.41, 5.74) is 0.710. The quantitative estimate of drug-likeness (QED) is 0.886. The second-order valence-corrected chi connectivity index (χ2v) is 7.87. The summed E-state index contributed by atoms with van der Waals surface area (Å²) in [5.74, 6) is 0.835. The molecule has 0 aliphatic carbocycles. The third-order valence-corrected chi connectivity index (χ3v) is 5.58. The number of rotatable bonds is 5. The van der Waals surface area contributed by atoms with Gasteiger partial charge in [-0.3, -0.25) is 4.79 Å². The van der Waals surface area contributed by atoms with Gasteiger partial charge in [0.15, 0.2) is 9.84 Å². The van der Waals surface area contributed by atoms with Gasteiger partial charge in [0, 0.05) is 17.1 Å². The SMILES string of the molecule is COc1ccc(Cl)cc1CC(=O)NC[C@H]1CCS(=O)(=O)C1. The maximum absolute atomic E-state index is 12.0. The molecule has 0 bridgehead atoms. The molecule has 116 valence electrons. The van der Waals surface area contributed by atoms with Crippen molar-refractivity contribution in [3.63, 3.8) is 0 Å². The van der Waals surface area contributed by atoms with Crippen LogP contribution in [0.25, 0.3) is 0 Å². The molecule has 1 atom stereocenters. The molecule has 1 fully saturated rings. The van der Waals surface area contributed by atoms with Crippen molar-refractivity contribution in [1.82, 2.24) is 5.32 Å². The molecule has 1 aliphatic rings. The summed E-state index contributed by atoms with van der Waals surface area (Å²) in [6.45, 7) is 0.390. The van der Waals surface area contributed by atoms with E-state index in [0.717, 1.165) is 0 Å². The number of benzene rings is 1. The normalized spacial score (nSPS) is 20.2. The number of methoxy groups -OCH3 is 1. The maximum atomic E-state index is 12.0. The molecule has 1 aromatic rings. The second-order valence-electron chi connectivity index (χ2n) is 5.21. The number of ether oxygens (including phenoxy) is 1. The van der Waals surface area contributed by atoms with Crippen LogP contribution in [0, 0.1) is 5.92 Å². The lowest BCUT2D eigenvalue weighted by molar-refractivity contribution is -0.120. The van der Waals surface area contributed by atoms with Crippen LogP contribution in [0.2, 0.25) is 5.02 Å². The first-order valence-electron chi connectivity index (χ1n) is 6.69. The molecule has 1 aromatic carbocycles. The van der Waals surface area contributed by atoms with Gasteiger partial charge in [-0.2, -0.15) is 0 Å². The van der Waals surface area contributed by atoms with Gasteiger partial charge >= 0.3 is 0 Å². The smallest absolute Gasteiger partial charge is 0.224 e. The molecule has 5 nitrogen and oxygen atoms in total. The minimum absolute atomic E-state index is 0.0141. The van der Waals surface area contributed by atoms with Crippen molar-refractivity contribution in [2.24, 2.45) is 5.92 Å². The number of carbonyl (C=O) groups excluding carboxylic acids is 1. The lowest BCUT2D eigenvalue weighted by Gasteiger charge is -2.11. The Bertz CT molecular complexity index is 630. The summed E-state index contributed by atoms with van der Waals surface area (Å²) >= 11 is 5.92. The third kappa shape index (κ3) is 4.61. The number of hydrogen-bond donors (Lipinski definition) is 1. The Labute approximate surface area is 129 Å². The highest BCUT2D eigenvalue weighted by Gasteiger charge is 2.27. The number of sulfone groups is 1. The Morgan fingerprint density at radius 2 is 2.24 bits per heavy atom.